The van der Waals surface area contributed by atoms with Gasteiger partial charge in [0.05, 0.1) is 10.6 Å². The number of carbonyl (C=O) groups is 2. The van der Waals surface area contributed by atoms with Gasteiger partial charge in [-0.05, 0) is 55.8 Å². The summed E-state index contributed by atoms with van der Waals surface area (Å²) in [7, 11) is -3.60. The molecule has 0 fully saturated rings. The summed E-state index contributed by atoms with van der Waals surface area (Å²) >= 11 is 0. The Morgan fingerprint density at radius 3 is 2.38 bits per heavy atom. The molecule has 0 radical (unpaired) electrons. The minimum Gasteiger partial charge on any atom is -0.321 e. The van der Waals surface area contributed by atoms with Crippen molar-refractivity contribution in [1.29, 1.82) is 0 Å². The number of carbonyl (C=O) groups excluding carboxylic acids is 2. The molecule has 34 heavy (non-hydrogen) atoms. The van der Waals surface area contributed by atoms with Gasteiger partial charge in [-0.25, -0.2) is 8.42 Å². The van der Waals surface area contributed by atoms with Crippen LogP contribution in [-0.4, -0.2) is 44.2 Å². The Labute approximate surface area is 200 Å². The lowest BCUT2D eigenvalue weighted by Crippen LogP contribution is -2.31. The Bertz CT molecular complexity index is 1350. The third kappa shape index (κ3) is 4.08. The van der Waals surface area contributed by atoms with Crippen molar-refractivity contribution < 1.29 is 18.0 Å². The van der Waals surface area contributed by atoms with Crippen molar-refractivity contribution in [2.45, 2.75) is 38.5 Å². The van der Waals surface area contributed by atoms with Gasteiger partial charge in [-0.1, -0.05) is 32.4 Å². The van der Waals surface area contributed by atoms with Crippen LogP contribution in [0, 0.1) is 0 Å². The predicted octanol–water partition coefficient (Wildman–Crippen LogP) is 4.88. The van der Waals surface area contributed by atoms with Crippen LogP contribution in [0.3, 0.4) is 0 Å². The maximum atomic E-state index is 13.0. The first-order valence-electron chi connectivity index (χ1n) is 11.6. The van der Waals surface area contributed by atoms with E-state index in [-0.39, 0.29) is 16.7 Å². The molecule has 178 valence electrons. The van der Waals surface area contributed by atoms with Gasteiger partial charge in [-0.3, -0.25) is 9.59 Å². The smallest absolute Gasteiger partial charge is 0.258 e. The second kappa shape index (κ2) is 9.56. The van der Waals surface area contributed by atoms with Crippen LogP contribution >= 0.6 is 0 Å². The summed E-state index contributed by atoms with van der Waals surface area (Å²) in [6.45, 7) is 7.21. The molecule has 0 bridgehead atoms. The Balaban J connectivity index is 1.59. The number of benzene rings is 3. The van der Waals surface area contributed by atoms with E-state index < -0.39 is 10.0 Å². The molecule has 1 aliphatic rings. The van der Waals surface area contributed by atoms with Gasteiger partial charge in [-0.15, -0.1) is 0 Å². The molecule has 0 aromatic heterocycles. The summed E-state index contributed by atoms with van der Waals surface area (Å²) in [5.41, 5.74) is 2.42. The molecule has 1 N–H and O–H groups in total. The highest BCUT2D eigenvalue weighted by atomic mass is 32.2. The summed E-state index contributed by atoms with van der Waals surface area (Å²) in [5, 5.41) is 4.55. The second-order valence-electron chi connectivity index (χ2n) is 8.24. The number of hydrogen-bond acceptors (Lipinski definition) is 4. The Kier molecular flexibility index (Phi) is 6.72. The van der Waals surface area contributed by atoms with E-state index in [0.29, 0.717) is 36.4 Å². The van der Waals surface area contributed by atoms with Crippen molar-refractivity contribution in [3.63, 3.8) is 0 Å². The van der Waals surface area contributed by atoms with Gasteiger partial charge in [-0.2, -0.15) is 4.31 Å². The third-order valence-electron chi connectivity index (χ3n) is 6.22. The van der Waals surface area contributed by atoms with Crippen LogP contribution in [0.5, 0.6) is 0 Å². The minimum atomic E-state index is -3.60. The number of sulfonamides is 1. The first kappa shape index (κ1) is 23.9. The normalized spacial score (nSPS) is 13.2. The van der Waals surface area contributed by atoms with Crippen LogP contribution in [0.1, 0.15) is 54.3 Å². The van der Waals surface area contributed by atoms with Crippen molar-refractivity contribution in [3.8, 4) is 0 Å². The molecule has 3 aromatic rings. The molecule has 0 saturated heterocycles. The Hall–Kier alpha value is -3.23. The largest absolute Gasteiger partial charge is 0.321 e. The van der Waals surface area contributed by atoms with Crippen LogP contribution in [-0.2, 0) is 10.0 Å². The third-order valence-corrected chi connectivity index (χ3v) is 8.21. The predicted molar refractivity (Wildman–Crippen MR) is 135 cm³/mol. The highest BCUT2D eigenvalue weighted by Gasteiger charge is 2.29. The van der Waals surface area contributed by atoms with E-state index in [9.17, 15) is 18.0 Å². The Morgan fingerprint density at radius 1 is 1.00 bits per heavy atom. The lowest BCUT2D eigenvalue weighted by molar-refractivity contribution is 0.0992. The Morgan fingerprint density at radius 2 is 1.74 bits per heavy atom. The van der Waals surface area contributed by atoms with Gasteiger partial charge in [0.25, 0.3) is 11.8 Å². The van der Waals surface area contributed by atoms with Crippen molar-refractivity contribution in [1.82, 2.24) is 4.31 Å². The topological polar surface area (TPSA) is 86.8 Å². The first-order chi connectivity index (χ1) is 16.3. The molecule has 1 heterocycles. The van der Waals surface area contributed by atoms with Crippen LogP contribution in [0.4, 0.5) is 11.4 Å². The first-order valence-corrected chi connectivity index (χ1v) is 13.1. The maximum Gasteiger partial charge on any atom is 0.258 e. The fraction of sp³-hybridized carbons (Fsp3) is 0.308. The van der Waals surface area contributed by atoms with E-state index in [0.717, 1.165) is 29.3 Å². The zero-order valence-electron chi connectivity index (χ0n) is 19.7. The van der Waals surface area contributed by atoms with Crippen LogP contribution in [0.25, 0.3) is 10.8 Å². The van der Waals surface area contributed by atoms with E-state index in [4.69, 9.17) is 0 Å². The monoisotopic (exact) mass is 479 g/mol. The molecule has 7 nitrogen and oxygen atoms in total. The number of nitrogens with zero attached hydrogens (tertiary/aromatic N) is 2. The van der Waals surface area contributed by atoms with E-state index in [1.165, 1.54) is 28.6 Å². The molecule has 0 saturated carbocycles. The van der Waals surface area contributed by atoms with Crippen LogP contribution in [0.15, 0.2) is 59.5 Å². The maximum absolute atomic E-state index is 13.0. The molecule has 0 spiro atoms. The molecule has 0 aliphatic carbocycles. The molecular formula is C26H29N3O4S. The van der Waals surface area contributed by atoms with Crippen molar-refractivity contribution in [2.75, 3.05) is 29.9 Å². The van der Waals surface area contributed by atoms with Gasteiger partial charge >= 0.3 is 0 Å². The summed E-state index contributed by atoms with van der Waals surface area (Å²) in [6, 6.07) is 15.1. The van der Waals surface area contributed by atoms with E-state index in [1.807, 2.05) is 39.0 Å². The van der Waals surface area contributed by atoms with Gasteiger partial charge in [0.15, 0.2) is 0 Å². The number of anilines is 2. The number of nitrogens with one attached hydrogen (secondary N) is 1. The molecule has 8 heteroatoms. The van der Waals surface area contributed by atoms with Gasteiger partial charge in [0.2, 0.25) is 10.0 Å². The van der Waals surface area contributed by atoms with Crippen molar-refractivity contribution in [3.05, 3.63) is 65.7 Å². The lowest BCUT2D eigenvalue weighted by Gasteiger charge is -2.20. The van der Waals surface area contributed by atoms with E-state index in [1.54, 1.807) is 17.0 Å². The molecule has 1 aliphatic heterocycles. The van der Waals surface area contributed by atoms with Crippen molar-refractivity contribution >= 4 is 44.0 Å². The fourth-order valence-corrected chi connectivity index (χ4v) is 5.86. The SMILES string of the molecule is CCCCN(CC)S(=O)(=O)c1ccc(C(=O)Nc2ccc3c4c(cccc24)C(=O)N3CC)cc1. The summed E-state index contributed by atoms with van der Waals surface area (Å²) < 4.78 is 27.3. The van der Waals surface area contributed by atoms with Crippen molar-refractivity contribution in [2.24, 2.45) is 0 Å². The van der Waals surface area contributed by atoms with Gasteiger partial charge in [0, 0.05) is 47.2 Å². The zero-order chi connectivity index (χ0) is 24.5. The van der Waals surface area contributed by atoms with Gasteiger partial charge in [0.1, 0.15) is 0 Å². The molecule has 0 atom stereocenters. The summed E-state index contributed by atoms with van der Waals surface area (Å²) in [5.74, 6) is -0.386. The molecular weight excluding hydrogens is 450 g/mol. The average molecular weight is 480 g/mol. The molecule has 0 unspecified atom stereocenters. The van der Waals surface area contributed by atoms with E-state index >= 15 is 0 Å². The number of amides is 2. The number of rotatable bonds is 9. The molecule has 3 aromatic carbocycles. The van der Waals surface area contributed by atoms with Gasteiger partial charge < -0.3 is 10.2 Å². The zero-order valence-corrected chi connectivity index (χ0v) is 20.5. The van der Waals surface area contributed by atoms with Crippen LogP contribution in [0.2, 0.25) is 0 Å². The summed E-state index contributed by atoms with van der Waals surface area (Å²) in [4.78, 5) is 27.6. The average Bonchev–Trinajstić information content (AvgIpc) is 3.13. The standard InChI is InChI=1S/C26H29N3O4S/c1-4-7-17-28(5-2)34(32,33)19-13-11-18(12-14-19)25(30)27-22-15-16-23-24-20(22)9-8-10-21(24)26(31)29(23)6-3/h8-16H,4-7,17H2,1-3H3,(H,27,30). The number of unbranched alkanes of at least 4 members (excludes halogenated alkanes) is 1. The second-order valence-corrected chi connectivity index (χ2v) is 10.2. The highest BCUT2D eigenvalue weighted by molar-refractivity contribution is 7.89. The fourth-order valence-electron chi connectivity index (χ4n) is 4.37. The van der Waals surface area contributed by atoms with Crippen LogP contribution < -0.4 is 10.2 Å². The minimum absolute atomic E-state index is 0.0385. The highest BCUT2D eigenvalue weighted by Crippen LogP contribution is 2.40. The molecule has 4 rings (SSSR count). The quantitative estimate of drug-likeness (QED) is 0.474. The van der Waals surface area contributed by atoms with E-state index in [2.05, 4.69) is 5.32 Å². The number of hydrogen-bond donors (Lipinski definition) is 1. The lowest BCUT2D eigenvalue weighted by atomic mass is 10.0. The summed E-state index contributed by atoms with van der Waals surface area (Å²) in [6.07, 6.45) is 1.70. The molecule has 2 amide bonds.